The average molecular weight is 550 g/mol. The summed E-state index contributed by atoms with van der Waals surface area (Å²) in [7, 11) is -3.94. The molecule has 1 amide bonds. The number of hydrazine groups is 1. The number of aryl methyl sites for hydroxylation is 1. The van der Waals surface area contributed by atoms with Crippen LogP contribution in [0, 0.1) is 6.92 Å². The lowest BCUT2D eigenvalue weighted by Crippen LogP contribution is -2.67. The molecule has 0 bridgehead atoms. The van der Waals surface area contributed by atoms with Gasteiger partial charge in [0.15, 0.2) is 0 Å². The van der Waals surface area contributed by atoms with Crippen LogP contribution in [-0.4, -0.2) is 47.8 Å². The van der Waals surface area contributed by atoms with Crippen LogP contribution in [0.2, 0.25) is 0 Å². The molecular formula is C33H31N3O3S. The molecule has 2 atom stereocenters. The van der Waals surface area contributed by atoms with Crippen LogP contribution in [0.1, 0.15) is 38.8 Å². The first-order valence-corrected chi connectivity index (χ1v) is 14.9. The fourth-order valence-electron chi connectivity index (χ4n) is 5.74. The van der Waals surface area contributed by atoms with E-state index < -0.39 is 22.2 Å². The molecule has 0 N–H and O–H groups in total. The van der Waals surface area contributed by atoms with Crippen LogP contribution < -0.4 is 0 Å². The van der Waals surface area contributed by atoms with Gasteiger partial charge in [0.1, 0.15) is 6.17 Å². The van der Waals surface area contributed by atoms with Crippen LogP contribution in [0.25, 0.3) is 5.57 Å². The monoisotopic (exact) mass is 549 g/mol. The highest BCUT2D eigenvalue weighted by molar-refractivity contribution is 7.89. The number of hydrogen-bond acceptors (Lipinski definition) is 4. The summed E-state index contributed by atoms with van der Waals surface area (Å²) in [5.74, 6) is -0.181. The van der Waals surface area contributed by atoms with E-state index in [2.05, 4.69) is 6.58 Å². The zero-order valence-corrected chi connectivity index (χ0v) is 23.2. The first kappa shape index (κ1) is 26.2. The Morgan fingerprint density at radius 1 is 0.800 bits per heavy atom. The molecule has 0 spiro atoms. The Kier molecular flexibility index (Phi) is 6.88. The molecule has 2 aliphatic heterocycles. The van der Waals surface area contributed by atoms with Gasteiger partial charge in [-0.05, 0) is 59.9 Å². The summed E-state index contributed by atoms with van der Waals surface area (Å²) in [5, 5.41) is 3.69. The molecule has 1 saturated heterocycles. The van der Waals surface area contributed by atoms with Gasteiger partial charge < -0.3 is 0 Å². The second-order valence-electron chi connectivity index (χ2n) is 10.3. The van der Waals surface area contributed by atoms with Gasteiger partial charge in [-0.15, -0.1) is 0 Å². The van der Waals surface area contributed by atoms with Gasteiger partial charge in [-0.3, -0.25) is 9.80 Å². The number of fused-ring (bicyclic) bond motifs is 3. The van der Waals surface area contributed by atoms with E-state index in [1.54, 1.807) is 33.6 Å². The zero-order chi connectivity index (χ0) is 27.9. The topological polar surface area (TPSA) is 60.9 Å². The molecule has 0 aliphatic carbocycles. The largest absolute Gasteiger partial charge is 0.268 e. The van der Waals surface area contributed by atoms with E-state index in [1.165, 1.54) is 0 Å². The third-order valence-electron chi connectivity index (χ3n) is 7.83. The van der Waals surface area contributed by atoms with Crippen LogP contribution in [0.3, 0.4) is 0 Å². The van der Waals surface area contributed by atoms with Gasteiger partial charge >= 0.3 is 0 Å². The van der Waals surface area contributed by atoms with E-state index in [0.29, 0.717) is 24.1 Å². The highest BCUT2D eigenvalue weighted by Gasteiger charge is 2.50. The summed E-state index contributed by atoms with van der Waals surface area (Å²) in [5.41, 5.74) is 5.05. The molecule has 0 unspecified atom stereocenters. The zero-order valence-electron chi connectivity index (χ0n) is 22.4. The maximum atomic E-state index is 14.4. The average Bonchev–Trinajstić information content (AvgIpc) is 3.00. The van der Waals surface area contributed by atoms with Gasteiger partial charge in [0.25, 0.3) is 5.91 Å². The molecule has 0 radical (unpaired) electrons. The van der Waals surface area contributed by atoms with Crippen molar-refractivity contribution in [2.24, 2.45) is 0 Å². The Bertz CT molecular complexity index is 1650. The minimum atomic E-state index is -3.94. The van der Waals surface area contributed by atoms with Crippen molar-refractivity contribution >= 4 is 21.5 Å². The maximum Gasteiger partial charge on any atom is 0.268 e. The van der Waals surface area contributed by atoms with Gasteiger partial charge in [-0.25, -0.2) is 8.42 Å². The van der Waals surface area contributed by atoms with Crippen LogP contribution in [0.15, 0.2) is 121 Å². The Hall–Kier alpha value is -4.04. The van der Waals surface area contributed by atoms with Crippen LogP contribution in [-0.2, 0) is 16.4 Å². The SMILES string of the molecule is C=C(c1ccccc1)[C@H]1CN(S(=O)(=O)c2ccc(C)cc2)[C@H]2c3ccccc3CCN2N1C(=O)c1ccccc1. The Balaban J connectivity index is 1.54. The van der Waals surface area contributed by atoms with Crippen molar-refractivity contribution in [3.05, 3.63) is 144 Å². The molecule has 4 aromatic carbocycles. The van der Waals surface area contributed by atoms with Crippen molar-refractivity contribution in [3.8, 4) is 0 Å². The molecule has 0 saturated carbocycles. The third kappa shape index (κ3) is 4.56. The summed E-state index contributed by atoms with van der Waals surface area (Å²) in [6.45, 7) is 6.90. The van der Waals surface area contributed by atoms with Crippen molar-refractivity contribution in [3.63, 3.8) is 0 Å². The van der Waals surface area contributed by atoms with Crippen molar-refractivity contribution in [2.75, 3.05) is 13.1 Å². The number of hydrogen-bond donors (Lipinski definition) is 0. The Morgan fingerprint density at radius 2 is 1.40 bits per heavy atom. The van der Waals surface area contributed by atoms with Crippen molar-refractivity contribution < 1.29 is 13.2 Å². The quantitative estimate of drug-likeness (QED) is 0.321. The third-order valence-corrected chi connectivity index (χ3v) is 9.66. The lowest BCUT2D eigenvalue weighted by Gasteiger charge is -2.55. The van der Waals surface area contributed by atoms with Crippen molar-refractivity contribution in [2.45, 2.75) is 30.4 Å². The Labute approximate surface area is 235 Å². The predicted molar refractivity (Wildman–Crippen MR) is 157 cm³/mol. The highest BCUT2D eigenvalue weighted by Crippen LogP contribution is 2.43. The van der Waals surface area contributed by atoms with Crippen LogP contribution in [0.4, 0.5) is 0 Å². The number of rotatable bonds is 5. The van der Waals surface area contributed by atoms with Gasteiger partial charge in [-0.1, -0.05) is 97.1 Å². The second kappa shape index (κ2) is 10.5. The number of carbonyl (C=O) groups excluding carboxylic acids is 1. The maximum absolute atomic E-state index is 14.4. The summed E-state index contributed by atoms with van der Waals surface area (Å²) in [4.78, 5) is 14.5. The molecular weight excluding hydrogens is 518 g/mol. The molecule has 7 heteroatoms. The van der Waals surface area contributed by atoms with E-state index in [-0.39, 0.29) is 17.3 Å². The van der Waals surface area contributed by atoms with Gasteiger partial charge in [0.05, 0.1) is 10.9 Å². The summed E-state index contributed by atoms with van der Waals surface area (Å²) in [6, 6.07) is 33.1. The van der Waals surface area contributed by atoms with Gasteiger partial charge in [0, 0.05) is 18.7 Å². The molecule has 202 valence electrons. The molecule has 0 aromatic heterocycles. The molecule has 40 heavy (non-hydrogen) atoms. The molecule has 4 aromatic rings. The van der Waals surface area contributed by atoms with E-state index >= 15 is 0 Å². The van der Waals surface area contributed by atoms with Crippen molar-refractivity contribution in [1.29, 1.82) is 0 Å². The van der Waals surface area contributed by atoms with Crippen molar-refractivity contribution in [1.82, 2.24) is 14.3 Å². The van der Waals surface area contributed by atoms with E-state index in [0.717, 1.165) is 22.3 Å². The number of benzene rings is 4. The first-order chi connectivity index (χ1) is 19.4. The van der Waals surface area contributed by atoms with Crippen LogP contribution >= 0.6 is 0 Å². The summed E-state index contributed by atoms with van der Waals surface area (Å²) < 4.78 is 30.3. The molecule has 2 aliphatic rings. The molecule has 6 rings (SSSR count). The lowest BCUT2D eigenvalue weighted by molar-refractivity contribution is -0.125. The number of amides is 1. The number of nitrogens with zero attached hydrogens (tertiary/aromatic N) is 3. The fraction of sp³-hybridized carbons (Fsp3) is 0.182. The molecule has 6 nitrogen and oxygen atoms in total. The first-order valence-electron chi connectivity index (χ1n) is 13.4. The Morgan fingerprint density at radius 3 is 2.08 bits per heavy atom. The van der Waals surface area contributed by atoms with Gasteiger partial charge in [-0.2, -0.15) is 9.31 Å². The van der Waals surface area contributed by atoms with Crippen LogP contribution in [0.5, 0.6) is 0 Å². The smallest absolute Gasteiger partial charge is 0.268 e. The number of sulfonamides is 1. The lowest BCUT2D eigenvalue weighted by atomic mass is 9.93. The van der Waals surface area contributed by atoms with E-state index in [9.17, 15) is 13.2 Å². The number of carbonyl (C=O) groups is 1. The minimum Gasteiger partial charge on any atom is -0.268 e. The molecule has 1 fully saturated rings. The highest BCUT2D eigenvalue weighted by atomic mass is 32.2. The van der Waals surface area contributed by atoms with E-state index in [4.69, 9.17) is 0 Å². The standard InChI is InChI=1S/C33H31N3O3S/c1-24-17-19-29(20-18-24)40(38,39)35-23-31(25(2)26-11-5-3-6-12-26)36(33(37)28-14-7-4-8-15-28)34-22-21-27-13-9-10-16-30(27)32(34)35/h3-20,31-32H,2,21-23H2,1H3/t31-,32+/m1/s1. The fourth-order valence-corrected chi connectivity index (χ4v) is 7.31. The molecule has 2 heterocycles. The minimum absolute atomic E-state index is 0.0675. The van der Waals surface area contributed by atoms with E-state index in [1.807, 2.05) is 96.9 Å². The second-order valence-corrected chi connectivity index (χ2v) is 12.2. The summed E-state index contributed by atoms with van der Waals surface area (Å²) >= 11 is 0. The normalized spacial score (nSPS) is 19.5. The summed E-state index contributed by atoms with van der Waals surface area (Å²) in [6.07, 6.45) is 0.0116. The predicted octanol–water partition coefficient (Wildman–Crippen LogP) is 5.70. The van der Waals surface area contributed by atoms with Gasteiger partial charge in [0.2, 0.25) is 10.0 Å².